The molecule has 3 heterocycles. The molecule has 1 amide bonds. The molecule has 0 saturated carbocycles. The van der Waals surface area contributed by atoms with Crippen molar-refractivity contribution in [2.75, 3.05) is 26.3 Å². The Labute approximate surface area is 129 Å². The molecule has 0 aliphatic carbocycles. The van der Waals surface area contributed by atoms with Crippen LogP contribution in [-0.2, 0) is 14.3 Å². The smallest absolute Gasteiger partial charge is 0.292 e. The van der Waals surface area contributed by atoms with Gasteiger partial charge in [-0.25, -0.2) is 0 Å². The van der Waals surface area contributed by atoms with Gasteiger partial charge < -0.3 is 19.1 Å². The van der Waals surface area contributed by atoms with Crippen molar-refractivity contribution in [3.63, 3.8) is 0 Å². The zero-order valence-electron chi connectivity index (χ0n) is 12.7. The molecule has 0 aromatic carbocycles. The fraction of sp³-hybridized carbons (Fsp3) is 0.500. The molecule has 0 radical (unpaired) electrons. The summed E-state index contributed by atoms with van der Waals surface area (Å²) in [7, 11) is 0. The summed E-state index contributed by atoms with van der Waals surface area (Å²) in [5.74, 6) is 1.66. The van der Waals surface area contributed by atoms with E-state index in [0.717, 1.165) is 18.6 Å². The molecule has 1 aromatic heterocycles. The number of piperidine rings is 1. The zero-order chi connectivity index (χ0) is 15.4. The van der Waals surface area contributed by atoms with Crippen LogP contribution in [0.4, 0.5) is 0 Å². The van der Waals surface area contributed by atoms with Gasteiger partial charge in [-0.1, -0.05) is 0 Å². The van der Waals surface area contributed by atoms with E-state index in [9.17, 15) is 4.79 Å². The second-order valence-electron chi connectivity index (χ2n) is 5.37. The Kier molecular flexibility index (Phi) is 4.46. The van der Waals surface area contributed by atoms with Gasteiger partial charge in [-0.15, -0.1) is 0 Å². The van der Waals surface area contributed by atoms with Crippen molar-refractivity contribution in [3.05, 3.63) is 36.0 Å². The lowest BCUT2D eigenvalue weighted by atomic mass is 10.1. The van der Waals surface area contributed by atoms with Crippen LogP contribution in [0.2, 0.25) is 0 Å². The van der Waals surface area contributed by atoms with Crippen LogP contribution >= 0.6 is 0 Å². The van der Waals surface area contributed by atoms with Crippen molar-refractivity contribution in [2.24, 2.45) is 0 Å². The maximum atomic E-state index is 12.4. The molecule has 0 unspecified atom stereocenters. The lowest BCUT2D eigenvalue weighted by Crippen LogP contribution is -2.43. The molecule has 2 aliphatic heterocycles. The number of aromatic nitrogens is 1. The van der Waals surface area contributed by atoms with Crippen molar-refractivity contribution < 1.29 is 19.0 Å². The largest absolute Gasteiger partial charge is 0.491 e. The number of ether oxygens (including phenoxy) is 3. The molecule has 6 nitrogen and oxygen atoms in total. The first-order valence-corrected chi connectivity index (χ1v) is 7.56. The van der Waals surface area contributed by atoms with Crippen LogP contribution < -0.4 is 4.74 Å². The van der Waals surface area contributed by atoms with Gasteiger partial charge in [0.2, 0.25) is 5.76 Å². The average Bonchev–Trinajstić information content (AvgIpc) is 2.56. The molecular formula is C16H20N2O4. The molecule has 1 aromatic rings. The van der Waals surface area contributed by atoms with Gasteiger partial charge >= 0.3 is 0 Å². The van der Waals surface area contributed by atoms with E-state index < -0.39 is 0 Å². The number of amides is 1. The monoisotopic (exact) mass is 304 g/mol. The summed E-state index contributed by atoms with van der Waals surface area (Å²) in [4.78, 5) is 18.2. The third-order valence-electron chi connectivity index (χ3n) is 3.84. The number of allylic oxidation sites excluding steroid dienone is 1. The minimum absolute atomic E-state index is 0.0837. The van der Waals surface area contributed by atoms with Crippen LogP contribution in [0.5, 0.6) is 5.75 Å². The molecule has 0 atom stereocenters. The van der Waals surface area contributed by atoms with Crippen LogP contribution in [0.1, 0.15) is 19.8 Å². The van der Waals surface area contributed by atoms with Crippen molar-refractivity contribution in [3.8, 4) is 5.75 Å². The normalized spacial score (nSPS) is 19.4. The van der Waals surface area contributed by atoms with Crippen LogP contribution in [0, 0.1) is 0 Å². The first-order chi connectivity index (χ1) is 10.7. The van der Waals surface area contributed by atoms with E-state index in [-0.39, 0.29) is 12.0 Å². The summed E-state index contributed by atoms with van der Waals surface area (Å²) in [5, 5.41) is 0. The highest BCUT2D eigenvalue weighted by Gasteiger charge is 2.29. The van der Waals surface area contributed by atoms with E-state index in [1.54, 1.807) is 24.2 Å². The van der Waals surface area contributed by atoms with Gasteiger partial charge in [0.1, 0.15) is 30.8 Å². The number of hydrogen-bond donors (Lipinski definition) is 0. The molecular weight excluding hydrogens is 284 g/mol. The quantitative estimate of drug-likeness (QED) is 0.851. The fourth-order valence-electron chi connectivity index (χ4n) is 2.65. The van der Waals surface area contributed by atoms with Gasteiger partial charge in [0, 0.05) is 38.3 Å². The number of hydrogen-bond acceptors (Lipinski definition) is 5. The summed E-state index contributed by atoms with van der Waals surface area (Å²) >= 11 is 0. The van der Waals surface area contributed by atoms with E-state index >= 15 is 0 Å². The Morgan fingerprint density at radius 2 is 1.91 bits per heavy atom. The van der Waals surface area contributed by atoms with E-state index in [1.165, 1.54) is 0 Å². The predicted molar refractivity (Wildman–Crippen MR) is 79.1 cm³/mol. The second kappa shape index (κ2) is 6.68. The lowest BCUT2D eigenvalue weighted by molar-refractivity contribution is -0.134. The molecule has 0 N–H and O–H groups in total. The molecule has 1 fully saturated rings. The van der Waals surface area contributed by atoms with Crippen LogP contribution in [0.15, 0.2) is 36.0 Å². The van der Waals surface area contributed by atoms with Crippen molar-refractivity contribution >= 4 is 5.91 Å². The Bertz CT molecular complexity index is 551. The average molecular weight is 304 g/mol. The number of carbonyl (C=O) groups excluding carboxylic acids is 1. The maximum Gasteiger partial charge on any atom is 0.292 e. The summed E-state index contributed by atoms with van der Waals surface area (Å²) < 4.78 is 16.7. The third-order valence-corrected chi connectivity index (χ3v) is 3.84. The Hall–Kier alpha value is -2.24. The Balaban J connectivity index is 1.54. The minimum Gasteiger partial charge on any atom is -0.491 e. The summed E-state index contributed by atoms with van der Waals surface area (Å²) in [6, 6.07) is 3.69. The summed E-state index contributed by atoms with van der Waals surface area (Å²) in [6.45, 7) is 4.03. The van der Waals surface area contributed by atoms with Crippen LogP contribution in [0.25, 0.3) is 0 Å². The standard InChI is InChI=1S/C16H20N2O4/c1-12-15(21-11-10-20-12)16(19)18-8-4-14(5-9-18)22-13-2-6-17-7-3-13/h2-3,6-7,14H,4-5,8-11H2,1H3. The molecule has 0 spiro atoms. The van der Waals surface area contributed by atoms with E-state index in [4.69, 9.17) is 14.2 Å². The first-order valence-electron chi connectivity index (χ1n) is 7.56. The Morgan fingerprint density at radius 3 is 2.59 bits per heavy atom. The van der Waals surface area contributed by atoms with Gasteiger partial charge in [-0.3, -0.25) is 9.78 Å². The molecule has 118 valence electrons. The van der Waals surface area contributed by atoms with Crippen LogP contribution in [0.3, 0.4) is 0 Å². The van der Waals surface area contributed by atoms with Crippen molar-refractivity contribution in [1.29, 1.82) is 0 Å². The SMILES string of the molecule is CC1=C(C(=O)N2CCC(Oc3ccncc3)CC2)OCCO1. The highest BCUT2D eigenvalue weighted by molar-refractivity contribution is 5.92. The number of likely N-dealkylation sites (tertiary alicyclic amines) is 1. The van der Waals surface area contributed by atoms with E-state index in [1.807, 2.05) is 12.1 Å². The van der Waals surface area contributed by atoms with Crippen LogP contribution in [-0.4, -0.2) is 48.2 Å². The highest BCUT2D eigenvalue weighted by Crippen LogP contribution is 2.21. The second-order valence-corrected chi connectivity index (χ2v) is 5.37. The Morgan fingerprint density at radius 1 is 1.23 bits per heavy atom. The highest BCUT2D eigenvalue weighted by atomic mass is 16.6. The summed E-state index contributed by atoms with van der Waals surface area (Å²) in [5.41, 5.74) is 0. The van der Waals surface area contributed by atoms with E-state index in [0.29, 0.717) is 37.8 Å². The van der Waals surface area contributed by atoms with Gasteiger partial charge in [0.05, 0.1) is 0 Å². The molecule has 1 saturated heterocycles. The minimum atomic E-state index is -0.0837. The lowest BCUT2D eigenvalue weighted by Gasteiger charge is -2.33. The zero-order valence-corrected chi connectivity index (χ0v) is 12.7. The van der Waals surface area contributed by atoms with E-state index in [2.05, 4.69) is 4.98 Å². The topological polar surface area (TPSA) is 60.9 Å². The van der Waals surface area contributed by atoms with Gasteiger partial charge in [0.15, 0.2) is 0 Å². The number of carbonyl (C=O) groups is 1. The van der Waals surface area contributed by atoms with Crippen molar-refractivity contribution in [1.82, 2.24) is 9.88 Å². The molecule has 3 rings (SSSR count). The van der Waals surface area contributed by atoms with Crippen molar-refractivity contribution in [2.45, 2.75) is 25.9 Å². The van der Waals surface area contributed by atoms with Gasteiger partial charge in [-0.05, 0) is 19.1 Å². The maximum absolute atomic E-state index is 12.4. The molecule has 2 aliphatic rings. The van der Waals surface area contributed by atoms with Gasteiger partial charge in [0.25, 0.3) is 5.91 Å². The molecule has 22 heavy (non-hydrogen) atoms. The number of rotatable bonds is 3. The predicted octanol–water partition coefficient (Wildman–Crippen LogP) is 1.73. The first kappa shape index (κ1) is 14.7. The fourth-order valence-corrected chi connectivity index (χ4v) is 2.65. The third kappa shape index (κ3) is 3.32. The summed E-state index contributed by atoms with van der Waals surface area (Å²) in [6.07, 6.45) is 5.17. The molecule has 0 bridgehead atoms. The molecule has 6 heteroatoms. The van der Waals surface area contributed by atoms with Gasteiger partial charge in [-0.2, -0.15) is 0 Å². The number of pyridine rings is 1. The number of nitrogens with zero attached hydrogens (tertiary/aromatic N) is 2.